The molecule has 0 fully saturated rings. The standard InChI is InChI=1S/C20H19ClN2OS/c1-23(14-19-22-11-12-25-19)20(24)13-18(15-5-3-2-4-6-15)16-7-9-17(21)10-8-16/h2-12,18H,13-14H2,1H3. The molecule has 1 amide bonds. The van der Waals surface area contributed by atoms with Crippen molar-refractivity contribution in [3.63, 3.8) is 0 Å². The summed E-state index contributed by atoms with van der Waals surface area (Å²) in [5.41, 5.74) is 2.22. The summed E-state index contributed by atoms with van der Waals surface area (Å²) >= 11 is 7.58. The smallest absolute Gasteiger partial charge is 0.223 e. The molecule has 25 heavy (non-hydrogen) atoms. The zero-order valence-corrected chi connectivity index (χ0v) is 15.5. The van der Waals surface area contributed by atoms with Gasteiger partial charge in [0.1, 0.15) is 5.01 Å². The highest BCUT2D eigenvalue weighted by molar-refractivity contribution is 7.09. The lowest BCUT2D eigenvalue weighted by Gasteiger charge is -2.22. The van der Waals surface area contributed by atoms with E-state index in [1.54, 1.807) is 22.4 Å². The molecule has 3 rings (SSSR count). The van der Waals surface area contributed by atoms with Gasteiger partial charge in [0.25, 0.3) is 0 Å². The highest BCUT2D eigenvalue weighted by atomic mass is 35.5. The molecule has 2 aromatic carbocycles. The topological polar surface area (TPSA) is 33.2 Å². The van der Waals surface area contributed by atoms with Crippen molar-refractivity contribution in [2.75, 3.05) is 7.05 Å². The summed E-state index contributed by atoms with van der Waals surface area (Å²) in [5.74, 6) is 0.101. The minimum atomic E-state index is 0.00436. The van der Waals surface area contributed by atoms with Crippen molar-refractivity contribution in [2.45, 2.75) is 18.9 Å². The molecule has 0 spiro atoms. The largest absolute Gasteiger partial charge is 0.339 e. The van der Waals surface area contributed by atoms with E-state index in [1.165, 1.54) is 0 Å². The van der Waals surface area contributed by atoms with Crippen molar-refractivity contribution < 1.29 is 4.79 Å². The summed E-state index contributed by atoms with van der Waals surface area (Å²) < 4.78 is 0. The Kier molecular flexibility index (Phi) is 5.84. The molecule has 5 heteroatoms. The maximum Gasteiger partial charge on any atom is 0.223 e. The van der Waals surface area contributed by atoms with Crippen LogP contribution in [0.25, 0.3) is 0 Å². The Balaban J connectivity index is 1.79. The quantitative estimate of drug-likeness (QED) is 0.613. The maximum absolute atomic E-state index is 12.8. The Morgan fingerprint density at radius 2 is 1.80 bits per heavy atom. The summed E-state index contributed by atoms with van der Waals surface area (Å²) in [6.45, 7) is 0.540. The van der Waals surface area contributed by atoms with Gasteiger partial charge >= 0.3 is 0 Å². The first kappa shape index (κ1) is 17.6. The van der Waals surface area contributed by atoms with Crippen molar-refractivity contribution >= 4 is 28.8 Å². The molecule has 1 aromatic heterocycles. The monoisotopic (exact) mass is 370 g/mol. The molecule has 128 valence electrons. The summed E-state index contributed by atoms with van der Waals surface area (Å²) in [6, 6.07) is 17.8. The molecule has 1 unspecified atom stereocenters. The van der Waals surface area contributed by atoms with Crippen LogP contribution in [0.5, 0.6) is 0 Å². The molecule has 1 heterocycles. The second-order valence-corrected chi connectivity index (χ2v) is 7.31. The van der Waals surface area contributed by atoms with Gasteiger partial charge in [0, 0.05) is 36.0 Å². The Morgan fingerprint density at radius 1 is 1.12 bits per heavy atom. The minimum Gasteiger partial charge on any atom is -0.339 e. The molecule has 0 aliphatic carbocycles. The number of nitrogens with zero attached hydrogens (tertiary/aromatic N) is 2. The predicted molar refractivity (Wildman–Crippen MR) is 103 cm³/mol. The van der Waals surface area contributed by atoms with Crippen LogP contribution in [0.4, 0.5) is 0 Å². The Bertz CT molecular complexity index is 803. The molecule has 3 nitrogen and oxygen atoms in total. The lowest BCUT2D eigenvalue weighted by Crippen LogP contribution is -2.27. The van der Waals surface area contributed by atoms with Crippen LogP contribution in [0, 0.1) is 0 Å². The molecular weight excluding hydrogens is 352 g/mol. The van der Waals surface area contributed by atoms with E-state index >= 15 is 0 Å². The zero-order valence-electron chi connectivity index (χ0n) is 13.9. The van der Waals surface area contributed by atoms with Gasteiger partial charge < -0.3 is 4.90 Å². The number of amides is 1. The van der Waals surface area contributed by atoms with Crippen molar-refractivity contribution in [3.05, 3.63) is 87.3 Å². The zero-order chi connectivity index (χ0) is 17.6. The first-order chi connectivity index (χ1) is 12.1. The number of hydrogen-bond acceptors (Lipinski definition) is 3. The van der Waals surface area contributed by atoms with Crippen molar-refractivity contribution in [1.82, 2.24) is 9.88 Å². The number of halogens is 1. The maximum atomic E-state index is 12.8. The fourth-order valence-corrected chi connectivity index (χ4v) is 3.56. The lowest BCUT2D eigenvalue weighted by atomic mass is 9.88. The van der Waals surface area contributed by atoms with Gasteiger partial charge in [0.05, 0.1) is 6.54 Å². The summed E-state index contributed by atoms with van der Waals surface area (Å²) in [4.78, 5) is 18.8. The summed E-state index contributed by atoms with van der Waals surface area (Å²) in [7, 11) is 1.83. The van der Waals surface area contributed by atoms with Gasteiger partial charge in [-0.2, -0.15) is 0 Å². The molecule has 0 radical (unpaired) electrons. The molecule has 1 atom stereocenters. The van der Waals surface area contributed by atoms with E-state index in [-0.39, 0.29) is 11.8 Å². The average Bonchev–Trinajstić information content (AvgIpc) is 3.14. The van der Waals surface area contributed by atoms with Gasteiger partial charge in [-0.1, -0.05) is 54.1 Å². The third kappa shape index (κ3) is 4.68. The second kappa shape index (κ2) is 8.28. The van der Waals surface area contributed by atoms with Gasteiger partial charge in [-0.15, -0.1) is 11.3 Å². The van der Waals surface area contributed by atoms with Gasteiger partial charge in [0.15, 0.2) is 0 Å². The minimum absolute atomic E-state index is 0.00436. The van der Waals surface area contributed by atoms with Gasteiger partial charge in [0.2, 0.25) is 5.91 Å². The van der Waals surface area contributed by atoms with E-state index in [4.69, 9.17) is 11.6 Å². The number of carbonyl (C=O) groups excluding carboxylic acids is 1. The number of rotatable bonds is 6. The van der Waals surface area contributed by atoms with E-state index < -0.39 is 0 Å². The summed E-state index contributed by atoms with van der Waals surface area (Å²) in [5, 5.41) is 3.56. The van der Waals surface area contributed by atoms with Crippen LogP contribution >= 0.6 is 22.9 Å². The Hall–Kier alpha value is -2.17. The normalized spacial score (nSPS) is 11.9. The van der Waals surface area contributed by atoms with E-state index in [1.807, 2.05) is 54.9 Å². The van der Waals surface area contributed by atoms with Crippen molar-refractivity contribution in [1.29, 1.82) is 0 Å². The second-order valence-electron chi connectivity index (χ2n) is 5.89. The van der Waals surface area contributed by atoms with Gasteiger partial charge in [-0.25, -0.2) is 4.98 Å². The first-order valence-electron chi connectivity index (χ1n) is 8.06. The molecule has 3 aromatic rings. The van der Waals surface area contributed by atoms with Crippen LogP contribution < -0.4 is 0 Å². The molecule has 0 aliphatic rings. The number of carbonyl (C=O) groups is 1. The lowest BCUT2D eigenvalue weighted by molar-refractivity contribution is -0.130. The number of thiazole rings is 1. The fourth-order valence-electron chi connectivity index (χ4n) is 2.76. The highest BCUT2D eigenvalue weighted by Crippen LogP contribution is 2.29. The van der Waals surface area contributed by atoms with Crippen LogP contribution in [0.1, 0.15) is 28.5 Å². The van der Waals surface area contributed by atoms with Crippen LogP contribution in [0.2, 0.25) is 5.02 Å². The third-order valence-corrected chi connectivity index (χ3v) is 5.15. The van der Waals surface area contributed by atoms with Crippen LogP contribution in [0.15, 0.2) is 66.2 Å². The Labute approximate surface area is 156 Å². The SMILES string of the molecule is CN(Cc1nccs1)C(=O)CC(c1ccccc1)c1ccc(Cl)cc1. The number of benzene rings is 2. The molecular formula is C20H19ClN2OS. The van der Waals surface area contributed by atoms with Gasteiger partial charge in [-0.05, 0) is 23.3 Å². The van der Waals surface area contributed by atoms with Crippen molar-refractivity contribution in [2.24, 2.45) is 0 Å². The van der Waals surface area contributed by atoms with E-state index in [0.29, 0.717) is 18.0 Å². The van der Waals surface area contributed by atoms with Crippen LogP contribution in [-0.4, -0.2) is 22.8 Å². The Morgan fingerprint density at radius 3 is 2.44 bits per heavy atom. The average molecular weight is 371 g/mol. The van der Waals surface area contributed by atoms with E-state index in [9.17, 15) is 4.79 Å². The molecule has 0 saturated heterocycles. The molecule has 0 aliphatic heterocycles. The van der Waals surface area contributed by atoms with E-state index in [2.05, 4.69) is 17.1 Å². The van der Waals surface area contributed by atoms with Crippen molar-refractivity contribution in [3.8, 4) is 0 Å². The fraction of sp³-hybridized carbons (Fsp3) is 0.200. The summed E-state index contributed by atoms with van der Waals surface area (Å²) in [6.07, 6.45) is 2.17. The van der Waals surface area contributed by atoms with Crippen LogP contribution in [-0.2, 0) is 11.3 Å². The van der Waals surface area contributed by atoms with Crippen LogP contribution in [0.3, 0.4) is 0 Å². The van der Waals surface area contributed by atoms with E-state index in [0.717, 1.165) is 16.1 Å². The molecule has 0 saturated carbocycles. The molecule has 0 N–H and O–H groups in total. The number of hydrogen-bond donors (Lipinski definition) is 0. The predicted octanol–water partition coefficient (Wildman–Crippen LogP) is 4.98. The molecule has 0 bridgehead atoms. The third-order valence-electron chi connectivity index (χ3n) is 4.13. The first-order valence-corrected chi connectivity index (χ1v) is 9.32. The highest BCUT2D eigenvalue weighted by Gasteiger charge is 2.21. The van der Waals surface area contributed by atoms with Gasteiger partial charge in [-0.3, -0.25) is 4.79 Å². The number of aromatic nitrogens is 1.